The van der Waals surface area contributed by atoms with E-state index in [1.54, 1.807) is 6.08 Å². The molecule has 2 aliphatic carbocycles. The van der Waals surface area contributed by atoms with Crippen molar-refractivity contribution in [3.8, 4) is 0 Å². The summed E-state index contributed by atoms with van der Waals surface area (Å²) in [4.78, 5) is 11.0. The lowest BCUT2D eigenvalue weighted by Crippen LogP contribution is -2.16. The lowest BCUT2D eigenvalue weighted by molar-refractivity contribution is -0.118. The average Bonchev–Trinajstić information content (AvgIpc) is 2.41. The van der Waals surface area contributed by atoms with Crippen molar-refractivity contribution in [1.29, 1.82) is 0 Å². The summed E-state index contributed by atoms with van der Waals surface area (Å²) in [5, 5.41) is 9.31. The van der Waals surface area contributed by atoms with Gasteiger partial charge in [-0.1, -0.05) is 6.08 Å². The monoisotopic (exact) mass is 138 g/mol. The first kappa shape index (κ1) is 6.10. The number of hydrogen-bond acceptors (Lipinski definition) is 2. The number of fused-ring (bicyclic) bond motifs is 1. The van der Waals surface area contributed by atoms with E-state index in [0.717, 1.165) is 12.8 Å². The first-order valence-electron chi connectivity index (χ1n) is 3.69. The Labute approximate surface area is 59.5 Å². The van der Waals surface area contributed by atoms with E-state index >= 15 is 0 Å². The van der Waals surface area contributed by atoms with Crippen molar-refractivity contribution in [3.63, 3.8) is 0 Å². The van der Waals surface area contributed by atoms with Crippen LogP contribution in [0.3, 0.4) is 0 Å². The fourth-order valence-electron chi connectivity index (χ4n) is 1.93. The highest BCUT2D eigenvalue weighted by atomic mass is 16.3. The Morgan fingerprint density at radius 2 is 2.30 bits per heavy atom. The highest BCUT2D eigenvalue weighted by Crippen LogP contribution is 2.37. The summed E-state index contributed by atoms with van der Waals surface area (Å²) in [6, 6.07) is 0. The van der Waals surface area contributed by atoms with E-state index in [0.29, 0.717) is 0 Å². The SMILES string of the molecule is O=C1C=CC2C(O)CCC12. The summed E-state index contributed by atoms with van der Waals surface area (Å²) in [6.45, 7) is 0. The Kier molecular flexibility index (Phi) is 1.17. The summed E-state index contributed by atoms with van der Waals surface area (Å²) in [7, 11) is 0. The Hall–Kier alpha value is -0.630. The van der Waals surface area contributed by atoms with Gasteiger partial charge in [0.15, 0.2) is 5.78 Å². The number of aliphatic hydroxyl groups excluding tert-OH is 1. The molecule has 2 aliphatic rings. The number of rotatable bonds is 0. The lowest BCUT2D eigenvalue weighted by atomic mass is 9.98. The smallest absolute Gasteiger partial charge is 0.159 e. The minimum absolute atomic E-state index is 0.120. The fourth-order valence-corrected chi connectivity index (χ4v) is 1.93. The maximum Gasteiger partial charge on any atom is 0.159 e. The molecule has 1 N–H and O–H groups in total. The molecule has 1 fully saturated rings. The summed E-state index contributed by atoms with van der Waals surface area (Å²) in [5.41, 5.74) is 0. The van der Waals surface area contributed by atoms with Crippen molar-refractivity contribution < 1.29 is 9.90 Å². The Balaban J connectivity index is 2.24. The Morgan fingerprint density at radius 3 is 3.00 bits per heavy atom. The van der Waals surface area contributed by atoms with Crippen LogP contribution in [0.2, 0.25) is 0 Å². The summed E-state index contributed by atoms with van der Waals surface area (Å²) >= 11 is 0. The molecular weight excluding hydrogens is 128 g/mol. The van der Waals surface area contributed by atoms with Gasteiger partial charge in [0.05, 0.1) is 6.10 Å². The summed E-state index contributed by atoms with van der Waals surface area (Å²) in [6.07, 6.45) is 4.87. The van der Waals surface area contributed by atoms with Crippen LogP contribution in [0.15, 0.2) is 12.2 Å². The molecule has 0 spiro atoms. The molecule has 0 amide bonds. The molecule has 0 bridgehead atoms. The predicted molar refractivity (Wildman–Crippen MR) is 36.4 cm³/mol. The minimum atomic E-state index is -0.257. The van der Waals surface area contributed by atoms with Crippen LogP contribution in [0.25, 0.3) is 0 Å². The van der Waals surface area contributed by atoms with Crippen molar-refractivity contribution in [2.75, 3.05) is 0 Å². The molecule has 10 heavy (non-hydrogen) atoms. The molecule has 0 heterocycles. The molecule has 2 nitrogen and oxygen atoms in total. The van der Waals surface area contributed by atoms with E-state index in [2.05, 4.69) is 0 Å². The zero-order valence-electron chi connectivity index (χ0n) is 5.66. The van der Waals surface area contributed by atoms with Crippen molar-refractivity contribution in [3.05, 3.63) is 12.2 Å². The fraction of sp³-hybridized carbons (Fsp3) is 0.625. The van der Waals surface area contributed by atoms with Gasteiger partial charge in [0.2, 0.25) is 0 Å². The highest BCUT2D eigenvalue weighted by Gasteiger charge is 2.39. The van der Waals surface area contributed by atoms with Gasteiger partial charge in [0.25, 0.3) is 0 Å². The second kappa shape index (κ2) is 1.92. The van der Waals surface area contributed by atoms with Crippen LogP contribution in [-0.2, 0) is 4.79 Å². The molecule has 0 aromatic carbocycles. The summed E-state index contributed by atoms with van der Waals surface area (Å²) in [5.74, 6) is 0.476. The second-order valence-corrected chi connectivity index (χ2v) is 3.09. The van der Waals surface area contributed by atoms with Crippen molar-refractivity contribution in [2.45, 2.75) is 18.9 Å². The van der Waals surface area contributed by atoms with Gasteiger partial charge in [0, 0.05) is 11.8 Å². The quantitative estimate of drug-likeness (QED) is 0.529. The lowest BCUT2D eigenvalue weighted by Gasteiger charge is -2.08. The first-order valence-corrected chi connectivity index (χ1v) is 3.69. The number of allylic oxidation sites excluding steroid dienone is 1. The van der Waals surface area contributed by atoms with Crippen molar-refractivity contribution in [2.24, 2.45) is 11.8 Å². The van der Waals surface area contributed by atoms with Gasteiger partial charge in [-0.3, -0.25) is 4.79 Å². The molecule has 0 aliphatic heterocycles. The maximum absolute atomic E-state index is 11.0. The molecule has 2 heteroatoms. The van der Waals surface area contributed by atoms with E-state index in [1.165, 1.54) is 0 Å². The Morgan fingerprint density at radius 1 is 1.50 bits per heavy atom. The zero-order chi connectivity index (χ0) is 7.14. The Bertz CT molecular complexity index is 195. The van der Waals surface area contributed by atoms with Crippen LogP contribution in [0, 0.1) is 11.8 Å². The number of carbonyl (C=O) groups is 1. The number of ketones is 1. The first-order chi connectivity index (χ1) is 4.79. The number of aliphatic hydroxyl groups is 1. The van der Waals surface area contributed by atoms with Crippen LogP contribution in [0.4, 0.5) is 0 Å². The molecule has 3 atom stereocenters. The van der Waals surface area contributed by atoms with Crippen LogP contribution in [0.5, 0.6) is 0 Å². The van der Waals surface area contributed by atoms with Crippen LogP contribution in [-0.4, -0.2) is 17.0 Å². The van der Waals surface area contributed by atoms with Gasteiger partial charge in [0.1, 0.15) is 0 Å². The van der Waals surface area contributed by atoms with E-state index in [1.807, 2.05) is 6.08 Å². The van der Waals surface area contributed by atoms with E-state index in [9.17, 15) is 9.90 Å². The summed E-state index contributed by atoms with van der Waals surface area (Å²) < 4.78 is 0. The maximum atomic E-state index is 11.0. The molecule has 1 saturated carbocycles. The second-order valence-electron chi connectivity index (χ2n) is 3.09. The van der Waals surface area contributed by atoms with Crippen LogP contribution < -0.4 is 0 Å². The van der Waals surface area contributed by atoms with Gasteiger partial charge in [-0.05, 0) is 18.9 Å². The molecular formula is C8H10O2. The topological polar surface area (TPSA) is 37.3 Å². The minimum Gasteiger partial charge on any atom is -0.392 e. The van der Waals surface area contributed by atoms with Crippen LogP contribution >= 0.6 is 0 Å². The molecule has 54 valence electrons. The zero-order valence-corrected chi connectivity index (χ0v) is 5.66. The average molecular weight is 138 g/mol. The third-order valence-electron chi connectivity index (χ3n) is 2.53. The standard InChI is InChI=1S/C8H10O2/c9-7-3-1-5-6(7)2-4-8(5)10/h1,3,5-6,8,10H,2,4H2. The molecule has 0 saturated heterocycles. The van der Waals surface area contributed by atoms with Gasteiger partial charge in [-0.15, -0.1) is 0 Å². The molecule has 3 unspecified atom stereocenters. The largest absolute Gasteiger partial charge is 0.392 e. The van der Waals surface area contributed by atoms with Crippen LogP contribution in [0.1, 0.15) is 12.8 Å². The third kappa shape index (κ3) is 0.655. The molecule has 0 aromatic rings. The van der Waals surface area contributed by atoms with E-state index in [4.69, 9.17) is 0 Å². The van der Waals surface area contributed by atoms with Gasteiger partial charge >= 0.3 is 0 Å². The van der Waals surface area contributed by atoms with Gasteiger partial charge in [-0.25, -0.2) is 0 Å². The van der Waals surface area contributed by atoms with E-state index < -0.39 is 0 Å². The normalized spacial score (nSPS) is 44.5. The van der Waals surface area contributed by atoms with Gasteiger partial charge in [-0.2, -0.15) is 0 Å². The third-order valence-corrected chi connectivity index (χ3v) is 2.53. The van der Waals surface area contributed by atoms with Crippen molar-refractivity contribution >= 4 is 5.78 Å². The van der Waals surface area contributed by atoms with E-state index in [-0.39, 0.29) is 23.7 Å². The molecule has 2 rings (SSSR count). The van der Waals surface area contributed by atoms with Gasteiger partial charge < -0.3 is 5.11 Å². The molecule has 0 radical (unpaired) electrons. The number of carbonyl (C=O) groups excluding carboxylic acids is 1. The predicted octanol–water partition coefficient (Wildman–Crippen LogP) is 0.512. The molecule has 0 aromatic heterocycles. The number of hydrogen-bond donors (Lipinski definition) is 1. The highest BCUT2D eigenvalue weighted by molar-refractivity contribution is 5.94. The van der Waals surface area contributed by atoms with Crippen molar-refractivity contribution in [1.82, 2.24) is 0 Å².